The zero-order chi connectivity index (χ0) is 26.8. The molecule has 2 aliphatic heterocycles. The maximum absolute atomic E-state index is 13.1. The van der Waals surface area contributed by atoms with Gasteiger partial charge in [0.25, 0.3) is 0 Å². The lowest BCUT2D eigenvalue weighted by atomic mass is 9.90. The van der Waals surface area contributed by atoms with Gasteiger partial charge in [-0.25, -0.2) is 14.8 Å². The Balaban J connectivity index is 1.13. The molecule has 3 N–H and O–H groups in total. The van der Waals surface area contributed by atoms with Crippen LogP contribution in [0, 0.1) is 0 Å². The maximum atomic E-state index is 13.1. The molecule has 6 rings (SSSR count). The minimum atomic E-state index is -0.232. The zero-order valence-electron chi connectivity index (χ0n) is 22.6. The predicted molar refractivity (Wildman–Crippen MR) is 158 cm³/mol. The van der Waals surface area contributed by atoms with Crippen LogP contribution in [0.1, 0.15) is 30.7 Å². The number of para-hydroxylation sites is 2. The number of anilines is 4. The smallest absolute Gasteiger partial charge is 0.323 e. The number of nitrogens with zero attached hydrogens (tertiary/aromatic N) is 5. The molecule has 2 aliphatic rings. The van der Waals surface area contributed by atoms with Crippen molar-refractivity contribution in [3.05, 3.63) is 72.7 Å². The zero-order valence-corrected chi connectivity index (χ0v) is 22.6. The van der Waals surface area contributed by atoms with E-state index in [4.69, 9.17) is 0 Å². The molecule has 4 heterocycles. The molecule has 2 aromatic carbocycles. The standard InChI is InChI=1S/C30H36N8O/c1-36(2)24-13-16-37(19-24)27-11-4-3-10-26(27)35-30(39)34-23-9-5-7-21(17-23)22-8-6-15-38(18-22)29-25-12-14-31-28(25)32-20-33-29/h3-5,7,9-12,14,17,20,22,24H,6,8,13,15-16,18-19H2,1-2H3,(H,31,32,33)(H2,34,35,39)/t22?,24-/m0/s1. The van der Waals surface area contributed by atoms with Crippen molar-refractivity contribution in [2.24, 2.45) is 0 Å². The van der Waals surface area contributed by atoms with Crippen molar-refractivity contribution in [1.29, 1.82) is 0 Å². The Morgan fingerprint density at radius 3 is 2.74 bits per heavy atom. The largest absolute Gasteiger partial charge is 0.368 e. The van der Waals surface area contributed by atoms with Gasteiger partial charge >= 0.3 is 6.03 Å². The Labute approximate surface area is 229 Å². The molecule has 2 aromatic heterocycles. The van der Waals surface area contributed by atoms with Crippen molar-refractivity contribution in [2.75, 3.05) is 60.7 Å². The van der Waals surface area contributed by atoms with Crippen LogP contribution >= 0.6 is 0 Å². The van der Waals surface area contributed by atoms with Gasteiger partial charge in [0, 0.05) is 50.0 Å². The molecule has 202 valence electrons. The fourth-order valence-electron chi connectivity index (χ4n) is 5.94. The summed E-state index contributed by atoms with van der Waals surface area (Å²) in [5.74, 6) is 1.33. The normalized spacial score (nSPS) is 19.6. The molecule has 0 bridgehead atoms. The third kappa shape index (κ3) is 5.40. The van der Waals surface area contributed by atoms with Crippen molar-refractivity contribution in [3.63, 3.8) is 0 Å². The number of hydrogen-bond acceptors (Lipinski definition) is 6. The number of likely N-dealkylation sites (N-methyl/N-ethyl adjacent to an activating group) is 1. The van der Waals surface area contributed by atoms with Crippen LogP contribution in [0.5, 0.6) is 0 Å². The van der Waals surface area contributed by atoms with Crippen LogP contribution in [0.15, 0.2) is 67.1 Å². The number of aromatic amines is 1. The van der Waals surface area contributed by atoms with E-state index in [1.54, 1.807) is 6.33 Å². The van der Waals surface area contributed by atoms with Gasteiger partial charge in [0.2, 0.25) is 0 Å². The molecule has 2 saturated heterocycles. The number of carbonyl (C=O) groups is 1. The molecule has 2 amide bonds. The average molecular weight is 525 g/mol. The van der Waals surface area contributed by atoms with E-state index in [1.807, 2.05) is 42.6 Å². The lowest BCUT2D eigenvalue weighted by molar-refractivity contribution is 0.262. The van der Waals surface area contributed by atoms with Crippen molar-refractivity contribution in [3.8, 4) is 0 Å². The summed E-state index contributed by atoms with van der Waals surface area (Å²) in [6.45, 7) is 3.79. The van der Waals surface area contributed by atoms with Crippen LogP contribution in [0.3, 0.4) is 0 Å². The second kappa shape index (κ2) is 10.9. The Morgan fingerprint density at radius 2 is 1.87 bits per heavy atom. The second-order valence-electron chi connectivity index (χ2n) is 10.8. The third-order valence-corrected chi connectivity index (χ3v) is 8.06. The Hall–Kier alpha value is -4.11. The Bertz CT molecular complexity index is 1450. The number of hydrogen-bond donors (Lipinski definition) is 3. The van der Waals surface area contributed by atoms with Gasteiger partial charge in [-0.05, 0) is 69.3 Å². The molecule has 0 aliphatic carbocycles. The number of H-pyrrole nitrogens is 1. The molecule has 9 nitrogen and oxygen atoms in total. The van der Waals surface area contributed by atoms with E-state index in [9.17, 15) is 4.79 Å². The van der Waals surface area contributed by atoms with Crippen molar-refractivity contribution >= 4 is 39.9 Å². The van der Waals surface area contributed by atoms with E-state index in [1.165, 1.54) is 5.56 Å². The third-order valence-electron chi connectivity index (χ3n) is 8.06. The van der Waals surface area contributed by atoms with E-state index in [-0.39, 0.29) is 6.03 Å². The first kappa shape index (κ1) is 25.2. The van der Waals surface area contributed by atoms with E-state index >= 15 is 0 Å². The molecular weight excluding hydrogens is 488 g/mol. The fourth-order valence-corrected chi connectivity index (χ4v) is 5.94. The van der Waals surface area contributed by atoms with E-state index in [2.05, 4.69) is 72.6 Å². The minimum absolute atomic E-state index is 0.232. The van der Waals surface area contributed by atoms with Gasteiger partial charge in [0.15, 0.2) is 0 Å². The molecule has 0 saturated carbocycles. The molecule has 39 heavy (non-hydrogen) atoms. The predicted octanol–water partition coefficient (Wildman–Crippen LogP) is 5.13. The van der Waals surface area contributed by atoms with E-state index in [0.717, 1.165) is 79.4 Å². The number of rotatable bonds is 6. The van der Waals surface area contributed by atoms with Gasteiger partial charge in [-0.2, -0.15) is 0 Å². The molecule has 2 atom stereocenters. The van der Waals surface area contributed by atoms with Gasteiger partial charge in [-0.15, -0.1) is 0 Å². The highest BCUT2D eigenvalue weighted by Gasteiger charge is 2.26. The number of amides is 2. The summed E-state index contributed by atoms with van der Waals surface area (Å²) in [5, 5.41) is 7.21. The Kier molecular flexibility index (Phi) is 7.06. The van der Waals surface area contributed by atoms with Gasteiger partial charge < -0.3 is 30.3 Å². The van der Waals surface area contributed by atoms with E-state index in [0.29, 0.717) is 12.0 Å². The van der Waals surface area contributed by atoms with Crippen molar-refractivity contribution < 1.29 is 4.79 Å². The SMILES string of the molecule is CN(C)[C@H]1CCN(c2ccccc2NC(=O)Nc2cccc(C3CCCN(c4ncnc5[nH]ccc45)C3)c2)C1. The number of piperidine rings is 1. The summed E-state index contributed by atoms with van der Waals surface area (Å²) in [6, 6.07) is 18.6. The summed E-state index contributed by atoms with van der Waals surface area (Å²) in [4.78, 5) is 32.2. The van der Waals surface area contributed by atoms with Crippen LogP contribution in [0.4, 0.5) is 27.7 Å². The molecule has 1 unspecified atom stereocenters. The van der Waals surface area contributed by atoms with Crippen LogP contribution in [0.2, 0.25) is 0 Å². The summed E-state index contributed by atoms with van der Waals surface area (Å²) < 4.78 is 0. The topological polar surface area (TPSA) is 92.4 Å². The summed E-state index contributed by atoms with van der Waals surface area (Å²) >= 11 is 0. The quantitative estimate of drug-likeness (QED) is 0.324. The number of nitrogens with one attached hydrogen (secondary N) is 3. The number of benzene rings is 2. The molecule has 9 heteroatoms. The van der Waals surface area contributed by atoms with Crippen LogP contribution in [-0.4, -0.2) is 72.2 Å². The highest BCUT2D eigenvalue weighted by molar-refractivity contribution is 6.02. The Morgan fingerprint density at radius 1 is 0.974 bits per heavy atom. The molecule has 2 fully saturated rings. The molecular formula is C30H36N8O. The number of aromatic nitrogens is 3. The number of carbonyl (C=O) groups excluding carboxylic acids is 1. The minimum Gasteiger partial charge on any atom is -0.368 e. The van der Waals surface area contributed by atoms with Crippen molar-refractivity contribution in [1.82, 2.24) is 19.9 Å². The summed E-state index contributed by atoms with van der Waals surface area (Å²) in [6.07, 6.45) is 6.84. The highest BCUT2D eigenvalue weighted by atomic mass is 16.2. The van der Waals surface area contributed by atoms with Gasteiger partial charge in [-0.1, -0.05) is 24.3 Å². The first-order chi connectivity index (χ1) is 19.0. The second-order valence-corrected chi connectivity index (χ2v) is 10.8. The van der Waals surface area contributed by atoms with Gasteiger partial charge in [-0.3, -0.25) is 0 Å². The fraction of sp³-hybridized carbons (Fsp3) is 0.367. The monoisotopic (exact) mass is 524 g/mol. The highest BCUT2D eigenvalue weighted by Crippen LogP contribution is 2.33. The average Bonchev–Trinajstić information content (AvgIpc) is 3.64. The lowest BCUT2D eigenvalue weighted by Gasteiger charge is -2.34. The maximum Gasteiger partial charge on any atom is 0.323 e. The van der Waals surface area contributed by atoms with Crippen LogP contribution < -0.4 is 20.4 Å². The first-order valence-corrected chi connectivity index (χ1v) is 13.8. The molecule has 4 aromatic rings. The van der Waals surface area contributed by atoms with Crippen molar-refractivity contribution in [2.45, 2.75) is 31.2 Å². The first-order valence-electron chi connectivity index (χ1n) is 13.8. The molecule has 0 radical (unpaired) electrons. The lowest BCUT2D eigenvalue weighted by Crippen LogP contribution is -2.35. The molecule has 0 spiro atoms. The summed E-state index contributed by atoms with van der Waals surface area (Å²) in [7, 11) is 4.25. The number of urea groups is 1. The van der Waals surface area contributed by atoms with Crippen LogP contribution in [-0.2, 0) is 0 Å². The van der Waals surface area contributed by atoms with E-state index < -0.39 is 0 Å². The van der Waals surface area contributed by atoms with Gasteiger partial charge in [0.05, 0.1) is 16.8 Å². The number of fused-ring (bicyclic) bond motifs is 1. The summed E-state index contributed by atoms with van der Waals surface area (Å²) in [5.41, 5.74) is 4.78. The van der Waals surface area contributed by atoms with Gasteiger partial charge in [0.1, 0.15) is 17.8 Å². The van der Waals surface area contributed by atoms with Crippen LogP contribution in [0.25, 0.3) is 11.0 Å².